The number of hydrogen-bond donors (Lipinski definition) is 0. The minimum absolute atomic E-state index is 0.0914. The van der Waals surface area contributed by atoms with Crippen LogP contribution in [0.5, 0.6) is 0 Å². The van der Waals surface area contributed by atoms with E-state index in [0.717, 1.165) is 5.39 Å². The second-order valence-corrected chi connectivity index (χ2v) is 10.9. The molecule has 0 bridgehead atoms. The summed E-state index contributed by atoms with van der Waals surface area (Å²) in [5.41, 5.74) is 1.43. The Balaban J connectivity index is 1.67. The smallest absolute Gasteiger partial charge is 0.317 e. The molecule has 2 aliphatic heterocycles. The molecule has 0 spiro atoms. The van der Waals surface area contributed by atoms with Crippen LogP contribution < -0.4 is 0 Å². The molecule has 2 aromatic rings. The van der Waals surface area contributed by atoms with E-state index in [2.05, 4.69) is 6.58 Å². The lowest BCUT2D eigenvalue weighted by molar-refractivity contribution is -0.162. The van der Waals surface area contributed by atoms with Crippen molar-refractivity contribution in [1.29, 1.82) is 0 Å². The van der Waals surface area contributed by atoms with Gasteiger partial charge in [0.25, 0.3) is 0 Å². The predicted molar refractivity (Wildman–Crippen MR) is 130 cm³/mol. The number of benzene rings is 1. The SMILES string of the molecule is C=C(C)c1cc2cc(C(C)(C)C(=O)OC[C@@H]3COC(C)(C)O3)n(C[C@@H]3COC(C)(C)O3)c2cc1F. The Hall–Kier alpha value is -2.26. The zero-order valence-corrected chi connectivity index (χ0v) is 21.7. The standard InChI is InChI=1S/C27H36FNO6/c1-16(2)20-9-17-10-23(25(3,4)24(30)31-13-19-15-33-27(7,8)35-19)29(22(17)11-21(20)28)12-18-14-32-26(5,6)34-18/h9-11,18-19H,1,12-15H2,2-8H3/t18-,19-/m1/s1. The molecule has 2 saturated heterocycles. The molecule has 8 heteroatoms. The predicted octanol–water partition coefficient (Wildman–Crippen LogP) is 4.94. The van der Waals surface area contributed by atoms with Crippen LogP contribution in [-0.4, -0.2) is 54.1 Å². The van der Waals surface area contributed by atoms with Crippen LogP contribution in [0.4, 0.5) is 4.39 Å². The Morgan fingerprint density at radius 2 is 1.71 bits per heavy atom. The molecule has 4 rings (SSSR count). The summed E-state index contributed by atoms with van der Waals surface area (Å²) >= 11 is 0. The van der Waals surface area contributed by atoms with E-state index < -0.39 is 23.0 Å². The Kier molecular flexibility index (Phi) is 6.64. The van der Waals surface area contributed by atoms with Crippen LogP contribution in [0.15, 0.2) is 24.8 Å². The van der Waals surface area contributed by atoms with Gasteiger partial charge in [-0.2, -0.15) is 0 Å². The molecule has 0 radical (unpaired) electrons. The maximum Gasteiger partial charge on any atom is 0.317 e. The largest absolute Gasteiger partial charge is 0.462 e. The van der Waals surface area contributed by atoms with Crippen molar-refractivity contribution in [2.45, 2.75) is 84.2 Å². The first kappa shape index (κ1) is 25.8. The number of carbonyl (C=O) groups is 1. The first-order valence-electron chi connectivity index (χ1n) is 12.0. The Bertz CT molecular complexity index is 1150. The highest BCUT2D eigenvalue weighted by Crippen LogP contribution is 2.35. The topological polar surface area (TPSA) is 68.2 Å². The minimum atomic E-state index is -1.02. The fraction of sp³-hybridized carbons (Fsp3) is 0.593. The van der Waals surface area contributed by atoms with Crippen molar-refractivity contribution in [3.63, 3.8) is 0 Å². The number of rotatable bonds is 7. The van der Waals surface area contributed by atoms with Gasteiger partial charge in [0.05, 0.1) is 25.3 Å². The molecule has 7 nitrogen and oxygen atoms in total. The molecule has 3 heterocycles. The fourth-order valence-corrected chi connectivity index (χ4v) is 4.68. The summed E-state index contributed by atoms with van der Waals surface area (Å²) in [5, 5.41) is 0.813. The van der Waals surface area contributed by atoms with Crippen LogP contribution in [0, 0.1) is 5.82 Å². The average molecular weight is 490 g/mol. The molecule has 2 atom stereocenters. The molecule has 35 heavy (non-hydrogen) atoms. The third-order valence-electron chi connectivity index (χ3n) is 6.52. The lowest BCUT2D eigenvalue weighted by Crippen LogP contribution is -2.36. The maximum atomic E-state index is 15.0. The van der Waals surface area contributed by atoms with E-state index >= 15 is 0 Å². The van der Waals surface area contributed by atoms with E-state index in [0.29, 0.717) is 42.1 Å². The number of allylic oxidation sites excluding steroid dienone is 1. The molecule has 2 aliphatic rings. The van der Waals surface area contributed by atoms with Crippen LogP contribution in [0.2, 0.25) is 0 Å². The van der Waals surface area contributed by atoms with Gasteiger partial charge >= 0.3 is 5.97 Å². The van der Waals surface area contributed by atoms with Crippen LogP contribution >= 0.6 is 0 Å². The minimum Gasteiger partial charge on any atom is -0.462 e. The summed E-state index contributed by atoms with van der Waals surface area (Å²) in [4.78, 5) is 13.3. The summed E-state index contributed by atoms with van der Waals surface area (Å²) in [7, 11) is 0. The van der Waals surface area contributed by atoms with Gasteiger partial charge in [-0.1, -0.05) is 6.58 Å². The van der Waals surface area contributed by atoms with Gasteiger partial charge in [-0.05, 0) is 72.2 Å². The molecular formula is C27H36FNO6. The number of esters is 1. The van der Waals surface area contributed by atoms with E-state index in [4.69, 9.17) is 23.7 Å². The van der Waals surface area contributed by atoms with Gasteiger partial charge in [-0.25, -0.2) is 4.39 Å². The molecule has 0 saturated carbocycles. The Morgan fingerprint density at radius 1 is 1.11 bits per heavy atom. The van der Waals surface area contributed by atoms with E-state index in [1.54, 1.807) is 13.0 Å². The van der Waals surface area contributed by atoms with Gasteiger partial charge in [0.2, 0.25) is 0 Å². The number of hydrogen-bond acceptors (Lipinski definition) is 6. The summed E-state index contributed by atoms with van der Waals surface area (Å²) < 4.78 is 45.7. The van der Waals surface area contributed by atoms with Crippen molar-refractivity contribution in [3.8, 4) is 0 Å². The number of aromatic nitrogens is 1. The fourth-order valence-electron chi connectivity index (χ4n) is 4.68. The summed E-state index contributed by atoms with van der Waals surface area (Å²) in [6.07, 6.45) is -0.574. The van der Waals surface area contributed by atoms with Gasteiger partial charge in [0, 0.05) is 16.6 Å². The van der Waals surface area contributed by atoms with Gasteiger partial charge in [0.15, 0.2) is 11.6 Å². The van der Waals surface area contributed by atoms with Crippen molar-refractivity contribution in [1.82, 2.24) is 4.57 Å². The monoisotopic (exact) mass is 489 g/mol. The van der Waals surface area contributed by atoms with Crippen LogP contribution in [0.3, 0.4) is 0 Å². The Morgan fingerprint density at radius 3 is 2.26 bits per heavy atom. The van der Waals surface area contributed by atoms with Gasteiger partial charge in [-0.15, -0.1) is 0 Å². The molecule has 1 aromatic heterocycles. The van der Waals surface area contributed by atoms with Gasteiger partial charge < -0.3 is 28.3 Å². The average Bonchev–Trinajstić information content (AvgIpc) is 3.40. The number of nitrogens with zero attached hydrogens (tertiary/aromatic N) is 1. The van der Waals surface area contributed by atoms with Gasteiger partial charge in [0.1, 0.15) is 30.0 Å². The molecule has 2 fully saturated rings. The third kappa shape index (κ3) is 5.31. The number of halogens is 1. The molecular weight excluding hydrogens is 453 g/mol. The Labute approximate surface area is 206 Å². The van der Waals surface area contributed by atoms with E-state index in [1.807, 2.05) is 52.2 Å². The van der Waals surface area contributed by atoms with E-state index in [9.17, 15) is 9.18 Å². The zero-order valence-electron chi connectivity index (χ0n) is 21.7. The van der Waals surface area contributed by atoms with Gasteiger partial charge in [-0.3, -0.25) is 4.79 Å². The zero-order chi connectivity index (χ0) is 25.8. The van der Waals surface area contributed by atoms with Crippen molar-refractivity contribution in [3.05, 3.63) is 41.9 Å². The highest BCUT2D eigenvalue weighted by molar-refractivity contribution is 5.89. The van der Waals surface area contributed by atoms with Crippen molar-refractivity contribution >= 4 is 22.4 Å². The number of carbonyl (C=O) groups excluding carboxylic acids is 1. The lowest BCUT2D eigenvalue weighted by atomic mass is 9.89. The second kappa shape index (κ2) is 9.00. The third-order valence-corrected chi connectivity index (χ3v) is 6.52. The second-order valence-electron chi connectivity index (χ2n) is 10.9. The highest BCUT2D eigenvalue weighted by Gasteiger charge is 2.40. The van der Waals surface area contributed by atoms with E-state index in [-0.39, 0.29) is 24.6 Å². The highest BCUT2D eigenvalue weighted by atomic mass is 19.1. The van der Waals surface area contributed by atoms with Crippen molar-refractivity contribution in [2.24, 2.45) is 0 Å². The quantitative estimate of drug-likeness (QED) is 0.514. The summed E-state index contributed by atoms with van der Waals surface area (Å²) in [6.45, 7) is 17.9. The van der Waals surface area contributed by atoms with Crippen LogP contribution in [0.1, 0.15) is 59.7 Å². The summed E-state index contributed by atoms with van der Waals surface area (Å²) in [5.74, 6) is -2.15. The number of fused-ring (bicyclic) bond motifs is 1. The molecule has 0 unspecified atom stereocenters. The first-order valence-corrected chi connectivity index (χ1v) is 12.0. The first-order chi connectivity index (χ1) is 16.2. The molecule has 0 N–H and O–H groups in total. The molecule has 192 valence electrons. The molecule has 0 aliphatic carbocycles. The van der Waals surface area contributed by atoms with E-state index in [1.165, 1.54) is 6.07 Å². The van der Waals surface area contributed by atoms with Crippen molar-refractivity contribution < 1.29 is 32.9 Å². The molecule has 0 amide bonds. The number of ether oxygens (including phenoxy) is 5. The lowest BCUT2D eigenvalue weighted by Gasteiger charge is -2.27. The van der Waals surface area contributed by atoms with Crippen molar-refractivity contribution in [2.75, 3.05) is 19.8 Å². The van der Waals surface area contributed by atoms with Crippen LogP contribution in [0.25, 0.3) is 16.5 Å². The maximum absolute atomic E-state index is 15.0. The summed E-state index contributed by atoms with van der Waals surface area (Å²) in [6, 6.07) is 5.19. The van der Waals surface area contributed by atoms with Crippen LogP contribution in [-0.2, 0) is 40.4 Å². The normalized spacial score (nSPS) is 23.7. The molecule has 1 aromatic carbocycles.